The summed E-state index contributed by atoms with van der Waals surface area (Å²) in [6.07, 6.45) is 0.214. The van der Waals surface area contributed by atoms with Crippen LogP contribution in [0.4, 0.5) is 0 Å². The van der Waals surface area contributed by atoms with E-state index < -0.39 is 0 Å². The molecule has 4 heteroatoms. The Kier molecular flexibility index (Phi) is 3.19. The van der Waals surface area contributed by atoms with Crippen LogP contribution in [0.1, 0.15) is 0 Å². The first-order chi connectivity index (χ1) is 7.34. The van der Waals surface area contributed by atoms with Crippen molar-refractivity contribution in [2.75, 3.05) is 19.8 Å². The van der Waals surface area contributed by atoms with E-state index in [1.165, 1.54) is 0 Å². The first-order valence-electron chi connectivity index (χ1n) is 4.91. The highest BCUT2D eigenvalue weighted by atomic mass is 16.6. The smallest absolute Gasteiger partial charge is 0.258 e. The van der Waals surface area contributed by atoms with E-state index >= 15 is 0 Å². The minimum Gasteiger partial charge on any atom is -0.484 e. The van der Waals surface area contributed by atoms with Crippen LogP contribution in [0.25, 0.3) is 0 Å². The number of hydrogen-bond acceptors (Lipinski definition) is 3. The lowest BCUT2D eigenvalue weighted by Gasteiger charge is -2.05. The minimum atomic E-state index is -0.116. The van der Waals surface area contributed by atoms with Gasteiger partial charge in [-0.3, -0.25) is 4.79 Å². The zero-order valence-electron chi connectivity index (χ0n) is 8.31. The molecule has 4 nitrogen and oxygen atoms in total. The molecule has 1 saturated heterocycles. The number of carbonyl (C=O) groups excluding carboxylic acids is 1. The Labute approximate surface area is 88.2 Å². The van der Waals surface area contributed by atoms with Gasteiger partial charge < -0.3 is 14.8 Å². The van der Waals surface area contributed by atoms with E-state index in [0.29, 0.717) is 12.3 Å². The van der Waals surface area contributed by atoms with Crippen molar-refractivity contribution >= 4 is 5.91 Å². The first-order valence-corrected chi connectivity index (χ1v) is 4.91. The topological polar surface area (TPSA) is 50.9 Å². The van der Waals surface area contributed by atoms with Gasteiger partial charge in [0.2, 0.25) is 0 Å². The van der Waals surface area contributed by atoms with Crippen LogP contribution in [0.3, 0.4) is 0 Å². The molecule has 1 aliphatic heterocycles. The van der Waals surface area contributed by atoms with Gasteiger partial charge in [-0.2, -0.15) is 0 Å². The second kappa shape index (κ2) is 4.79. The first kappa shape index (κ1) is 9.98. The van der Waals surface area contributed by atoms with Gasteiger partial charge in [0, 0.05) is 6.54 Å². The standard InChI is InChI=1S/C11H13NO3/c13-11(12-6-10-7-14-10)8-15-9-4-2-1-3-5-9/h1-5,10H,6-8H2,(H,12,13)/t10-/m0/s1. The van der Waals surface area contributed by atoms with Crippen LogP contribution >= 0.6 is 0 Å². The molecule has 0 radical (unpaired) electrons. The minimum absolute atomic E-state index is 0.0523. The third kappa shape index (κ3) is 3.59. The van der Waals surface area contributed by atoms with E-state index in [2.05, 4.69) is 5.32 Å². The number of carbonyl (C=O) groups is 1. The predicted molar refractivity (Wildman–Crippen MR) is 54.7 cm³/mol. The number of benzene rings is 1. The van der Waals surface area contributed by atoms with Gasteiger partial charge in [0.05, 0.1) is 12.7 Å². The Morgan fingerprint density at radius 1 is 1.47 bits per heavy atom. The average Bonchev–Trinajstić information content (AvgIpc) is 3.09. The van der Waals surface area contributed by atoms with Crippen molar-refractivity contribution in [1.29, 1.82) is 0 Å². The lowest BCUT2D eigenvalue weighted by molar-refractivity contribution is -0.123. The predicted octanol–water partition coefficient (Wildman–Crippen LogP) is 0.580. The molecule has 1 atom stereocenters. The lowest BCUT2D eigenvalue weighted by atomic mass is 10.3. The van der Waals surface area contributed by atoms with Gasteiger partial charge in [0.15, 0.2) is 6.61 Å². The van der Waals surface area contributed by atoms with Crippen LogP contribution in [0.15, 0.2) is 30.3 Å². The van der Waals surface area contributed by atoms with Crippen LogP contribution in [0.5, 0.6) is 5.75 Å². The molecule has 1 amide bonds. The Bertz CT molecular complexity index is 322. The van der Waals surface area contributed by atoms with Gasteiger partial charge in [0.1, 0.15) is 5.75 Å². The van der Waals surface area contributed by atoms with Crippen molar-refractivity contribution in [2.45, 2.75) is 6.10 Å². The van der Waals surface area contributed by atoms with E-state index in [1.807, 2.05) is 30.3 Å². The number of hydrogen-bond donors (Lipinski definition) is 1. The van der Waals surface area contributed by atoms with E-state index in [9.17, 15) is 4.79 Å². The van der Waals surface area contributed by atoms with Gasteiger partial charge >= 0.3 is 0 Å². The molecule has 2 rings (SSSR count). The monoisotopic (exact) mass is 207 g/mol. The zero-order valence-corrected chi connectivity index (χ0v) is 8.31. The number of nitrogens with one attached hydrogen (secondary N) is 1. The van der Waals surface area contributed by atoms with Gasteiger partial charge in [-0.1, -0.05) is 18.2 Å². The molecule has 0 aromatic heterocycles. The number of rotatable bonds is 5. The molecule has 1 heterocycles. The maximum absolute atomic E-state index is 11.3. The van der Waals surface area contributed by atoms with Gasteiger partial charge in [-0.05, 0) is 12.1 Å². The number of epoxide rings is 1. The number of para-hydroxylation sites is 1. The van der Waals surface area contributed by atoms with Crippen LogP contribution in [-0.4, -0.2) is 31.8 Å². The molecular weight excluding hydrogens is 194 g/mol. The van der Waals surface area contributed by atoms with Crippen LogP contribution in [-0.2, 0) is 9.53 Å². The number of ether oxygens (including phenoxy) is 2. The van der Waals surface area contributed by atoms with Crippen molar-refractivity contribution in [2.24, 2.45) is 0 Å². The molecule has 80 valence electrons. The van der Waals surface area contributed by atoms with Crippen molar-refractivity contribution in [3.05, 3.63) is 30.3 Å². The molecule has 15 heavy (non-hydrogen) atoms. The molecule has 1 aliphatic rings. The van der Waals surface area contributed by atoms with E-state index in [0.717, 1.165) is 6.61 Å². The summed E-state index contributed by atoms with van der Waals surface area (Å²) >= 11 is 0. The molecule has 1 fully saturated rings. The summed E-state index contributed by atoms with van der Waals surface area (Å²) < 4.78 is 10.2. The molecule has 1 N–H and O–H groups in total. The normalized spacial score (nSPS) is 18.3. The quantitative estimate of drug-likeness (QED) is 0.718. The summed E-state index contributed by atoms with van der Waals surface area (Å²) in [7, 11) is 0. The zero-order chi connectivity index (χ0) is 10.5. The Morgan fingerprint density at radius 2 is 2.20 bits per heavy atom. The molecule has 1 aromatic carbocycles. The molecule has 0 aliphatic carbocycles. The lowest BCUT2D eigenvalue weighted by Crippen LogP contribution is -2.31. The molecule has 0 saturated carbocycles. The van der Waals surface area contributed by atoms with Crippen molar-refractivity contribution < 1.29 is 14.3 Å². The molecule has 1 aromatic rings. The summed E-state index contributed by atoms with van der Waals surface area (Å²) in [4.78, 5) is 11.3. The Morgan fingerprint density at radius 3 is 2.87 bits per heavy atom. The highest BCUT2D eigenvalue weighted by molar-refractivity contribution is 5.77. The van der Waals surface area contributed by atoms with Crippen LogP contribution in [0.2, 0.25) is 0 Å². The Hall–Kier alpha value is -1.55. The second-order valence-corrected chi connectivity index (χ2v) is 3.36. The van der Waals surface area contributed by atoms with Gasteiger partial charge in [-0.25, -0.2) is 0 Å². The maximum atomic E-state index is 11.3. The summed E-state index contributed by atoms with van der Waals surface area (Å²) in [5.41, 5.74) is 0. The summed E-state index contributed by atoms with van der Waals surface area (Å²) in [5.74, 6) is 0.588. The van der Waals surface area contributed by atoms with Gasteiger partial charge in [0.25, 0.3) is 5.91 Å². The fraction of sp³-hybridized carbons (Fsp3) is 0.364. The Balaban J connectivity index is 1.66. The van der Waals surface area contributed by atoms with Crippen molar-refractivity contribution in [3.8, 4) is 5.75 Å². The molecular formula is C11H13NO3. The average molecular weight is 207 g/mol. The molecule has 0 spiro atoms. The van der Waals surface area contributed by atoms with E-state index in [-0.39, 0.29) is 18.6 Å². The molecule has 0 bridgehead atoms. The summed E-state index contributed by atoms with van der Waals surface area (Å²) in [6.45, 7) is 1.38. The van der Waals surface area contributed by atoms with Gasteiger partial charge in [-0.15, -0.1) is 0 Å². The largest absolute Gasteiger partial charge is 0.484 e. The van der Waals surface area contributed by atoms with E-state index in [1.54, 1.807) is 0 Å². The highest BCUT2D eigenvalue weighted by Gasteiger charge is 2.22. The number of amides is 1. The van der Waals surface area contributed by atoms with Crippen molar-refractivity contribution in [1.82, 2.24) is 5.32 Å². The fourth-order valence-electron chi connectivity index (χ4n) is 1.13. The van der Waals surface area contributed by atoms with Crippen LogP contribution < -0.4 is 10.1 Å². The SMILES string of the molecule is O=C(COc1ccccc1)NC[C@H]1CO1. The van der Waals surface area contributed by atoms with E-state index in [4.69, 9.17) is 9.47 Å². The molecule has 0 unspecified atom stereocenters. The second-order valence-electron chi connectivity index (χ2n) is 3.36. The maximum Gasteiger partial charge on any atom is 0.258 e. The van der Waals surface area contributed by atoms with Crippen LogP contribution in [0, 0.1) is 0 Å². The third-order valence-corrected chi connectivity index (χ3v) is 2.04. The highest BCUT2D eigenvalue weighted by Crippen LogP contribution is 2.08. The van der Waals surface area contributed by atoms with Crippen molar-refractivity contribution in [3.63, 3.8) is 0 Å². The summed E-state index contributed by atoms with van der Waals surface area (Å²) in [5, 5.41) is 2.73. The summed E-state index contributed by atoms with van der Waals surface area (Å²) in [6, 6.07) is 9.27. The third-order valence-electron chi connectivity index (χ3n) is 2.04. The fourth-order valence-corrected chi connectivity index (χ4v) is 1.13.